The first-order chi connectivity index (χ1) is 8.10. The van der Waals surface area contributed by atoms with Crippen LogP contribution >= 0.6 is 0 Å². The lowest BCUT2D eigenvalue weighted by atomic mass is 10.1. The molecule has 0 bridgehead atoms. The summed E-state index contributed by atoms with van der Waals surface area (Å²) in [5.41, 5.74) is 2.46. The molecule has 1 aliphatic heterocycles. The maximum atomic E-state index is 4.51. The topological polar surface area (TPSA) is 33.1 Å². The zero-order chi connectivity index (χ0) is 12.4. The highest BCUT2D eigenvalue weighted by molar-refractivity contribution is 5.09. The van der Waals surface area contributed by atoms with E-state index < -0.39 is 0 Å². The van der Waals surface area contributed by atoms with Gasteiger partial charge in [0.1, 0.15) is 0 Å². The lowest BCUT2D eigenvalue weighted by Crippen LogP contribution is -2.53. The Morgan fingerprint density at radius 3 is 2.94 bits per heavy atom. The molecule has 0 saturated carbocycles. The smallest absolute Gasteiger partial charge is 0.0597 e. The third kappa shape index (κ3) is 2.87. The van der Waals surface area contributed by atoms with E-state index in [1.807, 2.05) is 0 Å². The summed E-state index contributed by atoms with van der Waals surface area (Å²) in [5, 5.41) is 8.03. The Morgan fingerprint density at radius 1 is 1.47 bits per heavy atom. The number of nitrogens with zero attached hydrogens (tertiary/aromatic N) is 3. The molecule has 2 rings (SSSR count). The van der Waals surface area contributed by atoms with Crippen LogP contribution in [-0.4, -0.2) is 39.9 Å². The highest BCUT2D eigenvalue weighted by Crippen LogP contribution is 2.13. The Balaban J connectivity index is 2.08. The van der Waals surface area contributed by atoms with Crippen LogP contribution in [0.1, 0.15) is 32.2 Å². The number of hydrogen-bond donors (Lipinski definition) is 1. The summed E-state index contributed by atoms with van der Waals surface area (Å²) < 4.78 is 2.12. The molecule has 4 heteroatoms. The molecule has 0 spiro atoms. The van der Waals surface area contributed by atoms with Crippen molar-refractivity contribution in [1.29, 1.82) is 0 Å². The Kier molecular flexibility index (Phi) is 3.84. The summed E-state index contributed by atoms with van der Waals surface area (Å²) in [6.45, 7) is 12.9. The van der Waals surface area contributed by atoms with Crippen LogP contribution < -0.4 is 5.32 Å². The number of aryl methyl sites for hydroxylation is 2. The fourth-order valence-electron chi connectivity index (χ4n) is 2.53. The normalized spacial score (nSPS) is 26.4. The molecular weight excluding hydrogens is 212 g/mol. The van der Waals surface area contributed by atoms with Crippen molar-refractivity contribution in [2.24, 2.45) is 0 Å². The summed E-state index contributed by atoms with van der Waals surface area (Å²) in [6, 6.07) is 3.40. The van der Waals surface area contributed by atoms with Crippen LogP contribution in [0.2, 0.25) is 0 Å². The number of rotatable bonds is 3. The molecule has 1 aliphatic rings. The molecular formula is C13H24N4. The van der Waals surface area contributed by atoms with E-state index in [1.54, 1.807) is 0 Å². The number of hydrogen-bond acceptors (Lipinski definition) is 3. The molecule has 2 heterocycles. The van der Waals surface area contributed by atoms with Gasteiger partial charge in [-0.25, -0.2) is 0 Å². The van der Waals surface area contributed by atoms with Gasteiger partial charge in [0.15, 0.2) is 0 Å². The van der Waals surface area contributed by atoms with E-state index in [9.17, 15) is 0 Å². The van der Waals surface area contributed by atoms with Gasteiger partial charge in [0.2, 0.25) is 0 Å². The molecule has 4 nitrogen and oxygen atoms in total. The van der Waals surface area contributed by atoms with Gasteiger partial charge in [-0.1, -0.05) is 0 Å². The largest absolute Gasteiger partial charge is 0.311 e. The van der Waals surface area contributed by atoms with E-state index in [2.05, 4.69) is 53.8 Å². The maximum Gasteiger partial charge on any atom is 0.0597 e. The molecule has 0 aliphatic carbocycles. The van der Waals surface area contributed by atoms with Crippen molar-refractivity contribution in [2.75, 3.05) is 13.1 Å². The van der Waals surface area contributed by atoms with Gasteiger partial charge >= 0.3 is 0 Å². The van der Waals surface area contributed by atoms with E-state index in [-0.39, 0.29) is 0 Å². The monoisotopic (exact) mass is 236 g/mol. The molecule has 17 heavy (non-hydrogen) atoms. The molecule has 1 fully saturated rings. The van der Waals surface area contributed by atoms with Gasteiger partial charge in [-0.15, -0.1) is 0 Å². The third-order valence-corrected chi connectivity index (χ3v) is 3.54. The van der Waals surface area contributed by atoms with Crippen LogP contribution in [0.25, 0.3) is 0 Å². The highest BCUT2D eigenvalue weighted by atomic mass is 15.3. The lowest BCUT2D eigenvalue weighted by molar-refractivity contribution is 0.135. The molecule has 2 atom stereocenters. The van der Waals surface area contributed by atoms with Gasteiger partial charge < -0.3 is 5.32 Å². The molecule has 2 unspecified atom stereocenters. The molecule has 1 aromatic heterocycles. The Hall–Kier alpha value is -0.870. The molecule has 1 N–H and O–H groups in total. The van der Waals surface area contributed by atoms with Gasteiger partial charge in [0, 0.05) is 38.3 Å². The summed E-state index contributed by atoms with van der Waals surface area (Å²) in [7, 11) is 0. The number of piperazine rings is 1. The Morgan fingerprint density at radius 2 is 2.24 bits per heavy atom. The van der Waals surface area contributed by atoms with Crippen molar-refractivity contribution in [3.63, 3.8) is 0 Å². The average Bonchev–Trinajstić information content (AvgIpc) is 2.64. The average molecular weight is 236 g/mol. The zero-order valence-electron chi connectivity index (χ0n) is 11.4. The predicted octanol–water partition coefficient (Wildman–Crippen LogP) is 1.39. The van der Waals surface area contributed by atoms with Crippen LogP contribution in [0.3, 0.4) is 0 Å². The fraction of sp³-hybridized carbons (Fsp3) is 0.769. The fourth-order valence-corrected chi connectivity index (χ4v) is 2.53. The van der Waals surface area contributed by atoms with Crippen LogP contribution in [0.5, 0.6) is 0 Å². The van der Waals surface area contributed by atoms with Gasteiger partial charge in [0.05, 0.1) is 11.4 Å². The first-order valence-corrected chi connectivity index (χ1v) is 6.61. The van der Waals surface area contributed by atoms with E-state index in [1.165, 1.54) is 5.69 Å². The Bertz CT molecular complexity index is 371. The summed E-state index contributed by atoms with van der Waals surface area (Å²) in [6.07, 6.45) is 0. The van der Waals surface area contributed by atoms with Gasteiger partial charge in [-0.3, -0.25) is 9.58 Å². The third-order valence-electron chi connectivity index (χ3n) is 3.54. The highest BCUT2D eigenvalue weighted by Gasteiger charge is 2.23. The molecule has 1 aromatic rings. The molecule has 0 aromatic carbocycles. The quantitative estimate of drug-likeness (QED) is 0.861. The van der Waals surface area contributed by atoms with Crippen molar-refractivity contribution in [1.82, 2.24) is 20.0 Å². The van der Waals surface area contributed by atoms with Gasteiger partial charge in [-0.2, -0.15) is 5.10 Å². The maximum absolute atomic E-state index is 4.51. The standard InChI is InChI=1S/C13H24N4/c1-5-17-13(6-10(2)15-17)9-16-8-11(3)14-7-12(16)4/h6,11-12,14H,5,7-9H2,1-4H3. The van der Waals surface area contributed by atoms with Crippen molar-refractivity contribution < 1.29 is 0 Å². The van der Waals surface area contributed by atoms with Crippen molar-refractivity contribution >= 4 is 0 Å². The van der Waals surface area contributed by atoms with Crippen molar-refractivity contribution in [2.45, 2.75) is 52.9 Å². The summed E-state index contributed by atoms with van der Waals surface area (Å²) in [4.78, 5) is 2.55. The van der Waals surface area contributed by atoms with Crippen LogP contribution in [-0.2, 0) is 13.1 Å². The molecule has 0 radical (unpaired) electrons. The second-order valence-corrected chi connectivity index (χ2v) is 5.18. The van der Waals surface area contributed by atoms with Crippen molar-refractivity contribution in [3.8, 4) is 0 Å². The zero-order valence-corrected chi connectivity index (χ0v) is 11.4. The lowest BCUT2D eigenvalue weighted by Gasteiger charge is -2.37. The summed E-state index contributed by atoms with van der Waals surface area (Å²) >= 11 is 0. The van der Waals surface area contributed by atoms with E-state index in [0.717, 1.165) is 31.9 Å². The van der Waals surface area contributed by atoms with Crippen LogP contribution in [0.4, 0.5) is 0 Å². The first-order valence-electron chi connectivity index (χ1n) is 6.61. The van der Waals surface area contributed by atoms with Crippen LogP contribution in [0, 0.1) is 6.92 Å². The van der Waals surface area contributed by atoms with Gasteiger partial charge in [0.25, 0.3) is 0 Å². The summed E-state index contributed by atoms with van der Waals surface area (Å²) in [5.74, 6) is 0. The SMILES string of the molecule is CCn1nc(C)cc1CN1CC(C)NCC1C. The molecule has 0 amide bonds. The number of nitrogens with one attached hydrogen (secondary N) is 1. The van der Waals surface area contributed by atoms with Crippen molar-refractivity contribution in [3.05, 3.63) is 17.5 Å². The minimum atomic E-state index is 0.588. The van der Waals surface area contributed by atoms with Crippen LogP contribution in [0.15, 0.2) is 6.07 Å². The van der Waals surface area contributed by atoms with E-state index in [0.29, 0.717) is 12.1 Å². The second-order valence-electron chi connectivity index (χ2n) is 5.18. The van der Waals surface area contributed by atoms with E-state index in [4.69, 9.17) is 0 Å². The minimum Gasteiger partial charge on any atom is -0.311 e. The second kappa shape index (κ2) is 5.19. The predicted molar refractivity (Wildman–Crippen MR) is 70.0 cm³/mol. The molecule has 1 saturated heterocycles. The van der Waals surface area contributed by atoms with Gasteiger partial charge in [-0.05, 0) is 33.8 Å². The Labute approximate surface area is 104 Å². The number of aromatic nitrogens is 2. The molecule has 96 valence electrons. The van der Waals surface area contributed by atoms with E-state index >= 15 is 0 Å². The first kappa shape index (κ1) is 12.6. The minimum absolute atomic E-state index is 0.588.